The zero-order chi connectivity index (χ0) is 10.9. The highest BCUT2D eigenvalue weighted by Crippen LogP contribution is 2.12. The van der Waals surface area contributed by atoms with Crippen LogP contribution in [0.5, 0.6) is 0 Å². The number of hydrogen-bond acceptors (Lipinski definition) is 3. The Kier molecular flexibility index (Phi) is 7.98. The van der Waals surface area contributed by atoms with Gasteiger partial charge in [0.1, 0.15) is 0 Å². The van der Waals surface area contributed by atoms with Gasteiger partial charge in [-0.2, -0.15) is 0 Å². The van der Waals surface area contributed by atoms with Gasteiger partial charge in [-0.15, -0.1) is 0 Å². The van der Waals surface area contributed by atoms with Crippen LogP contribution in [0.2, 0.25) is 25.2 Å². The van der Waals surface area contributed by atoms with E-state index in [9.17, 15) is 4.79 Å². The summed E-state index contributed by atoms with van der Waals surface area (Å²) in [5.41, 5.74) is 0. The van der Waals surface area contributed by atoms with E-state index in [-0.39, 0.29) is 0 Å². The third-order valence-electron chi connectivity index (χ3n) is 1.81. The van der Waals surface area contributed by atoms with Crippen LogP contribution in [0.1, 0.15) is 19.8 Å². The molecule has 0 aliphatic heterocycles. The molecule has 80 valence electrons. The summed E-state index contributed by atoms with van der Waals surface area (Å²) in [6, 6.07) is 2.25. The molecule has 0 aromatic heterocycles. The Balaban J connectivity index is 3.38. The van der Waals surface area contributed by atoms with Gasteiger partial charge in [-0.05, 0) is 31.6 Å². The fourth-order valence-corrected chi connectivity index (χ4v) is 5.06. The third kappa shape index (κ3) is 8.38. The summed E-state index contributed by atoms with van der Waals surface area (Å²) in [5, 5.41) is 0. The largest absolute Gasteiger partial charge is 0.456 e. The molecule has 0 fully saturated rings. The highest BCUT2D eigenvalue weighted by atomic mass is 28.4. The number of carbonyl (C=O) groups excluding carboxylic acids is 1. The van der Waals surface area contributed by atoms with Gasteiger partial charge in [0, 0.05) is 0 Å². The van der Waals surface area contributed by atoms with Crippen molar-refractivity contribution in [2.45, 2.75) is 44.9 Å². The molecule has 0 aromatic rings. The summed E-state index contributed by atoms with van der Waals surface area (Å²) in [5.74, 6) is 0. The Labute approximate surface area is 90.0 Å². The van der Waals surface area contributed by atoms with Crippen LogP contribution in [0.25, 0.3) is 0 Å². The summed E-state index contributed by atoms with van der Waals surface area (Å²) in [6.45, 7) is 7.30. The van der Waals surface area contributed by atoms with Gasteiger partial charge in [0.05, 0.1) is 6.54 Å². The van der Waals surface area contributed by atoms with Gasteiger partial charge in [0.15, 0.2) is 8.32 Å². The first kappa shape index (κ1) is 13.8. The van der Waals surface area contributed by atoms with Crippen LogP contribution in [-0.4, -0.2) is 30.7 Å². The monoisotopic (exact) mass is 229 g/mol. The molecule has 14 heavy (non-hydrogen) atoms. The standard InChI is InChI=1S/C9H19NO2Si2/c1-4-8-14(2,3)12-13-7-5-6-10-9-11/h4-8H2,1-3H3. The normalized spacial score (nSPS) is 11.1. The summed E-state index contributed by atoms with van der Waals surface area (Å²) >= 11 is 0. The number of hydrogen-bond donors (Lipinski definition) is 0. The van der Waals surface area contributed by atoms with E-state index >= 15 is 0 Å². The molecule has 0 unspecified atom stereocenters. The van der Waals surface area contributed by atoms with Gasteiger partial charge in [-0.3, -0.25) is 0 Å². The predicted octanol–water partition coefficient (Wildman–Crippen LogP) is 2.38. The molecular weight excluding hydrogens is 210 g/mol. The average Bonchev–Trinajstić information content (AvgIpc) is 2.11. The van der Waals surface area contributed by atoms with Crippen molar-refractivity contribution >= 4 is 24.2 Å². The zero-order valence-electron chi connectivity index (χ0n) is 9.30. The third-order valence-corrected chi connectivity index (χ3v) is 6.86. The topological polar surface area (TPSA) is 38.7 Å². The van der Waals surface area contributed by atoms with E-state index < -0.39 is 8.32 Å². The Bertz CT molecular complexity index is 191. The zero-order valence-corrected chi connectivity index (χ0v) is 11.3. The van der Waals surface area contributed by atoms with Gasteiger partial charge in [-0.25, -0.2) is 9.79 Å². The molecule has 0 N–H and O–H groups in total. The molecule has 0 bridgehead atoms. The van der Waals surface area contributed by atoms with Crippen LogP contribution < -0.4 is 0 Å². The number of aliphatic imine (C=N–C) groups is 1. The molecule has 5 heteroatoms. The molecule has 0 aliphatic carbocycles. The second-order valence-electron chi connectivity index (χ2n) is 3.83. The van der Waals surface area contributed by atoms with Crippen molar-refractivity contribution in [3.63, 3.8) is 0 Å². The van der Waals surface area contributed by atoms with Gasteiger partial charge < -0.3 is 4.12 Å². The summed E-state index contributed by atoms with van der Waals surface area (Å²) in [4.78, 5) is 13.3. The maximum Gasteiger partial charge on any atom is 0.234 e. The van der Waals surface area contributed by atoms with Crippen molar-refractivity contribution in [1.29, 1.82) is 0 Å². The lowest BCUT2D eigenvalue weighted by molar-refractivity contribution is 0.561. The molecule has 0 amide bonds. The lowest BCUT2D eigenvalue weighted by atomic mass is 10.5. The van der Waals surface area contributed by atoms with Gasteiger partial charge >= 0.3 is 0 Å². The van der Waals surface area contributed by atoms with Crippen molar-refractivity contribution < 1.29 is 8.91 Å². The Hall–Kier alpha value is -0.226. The van der Waals surface area contributed by atoms with Crippen LogP contribution in [-0.2, 0) is 8.91 Å². The lowest BCUT2D eigenvalue weighted by Crippen LogP contribution is -2.31. The quantitative estimate of drug-likeness (QED) is 0.277. The minimum absolute atomic E-state index is 0.577. The molecule has 3 nitrogen and oxygen atoms in total. The molecule has 0 aliphatic rings. The smallest absolute Gasteiger partial charge is 0.234 e. The minimum Gasteiger partial charge on any atom is -0.456 e. The SMILES string of the molecule is CCC[Si](C)(C)O[Si]CCCN=C=O. The first-order chi connectivity index (χ1) is 6.62. The van der Waals surface area contributed by atoms with E-state index in [0.717, 1.165) is 12.5 Å². The lowest BCUT2D eigenvalue weighted by Gasteiger charge is -2.21. The summed E-state index contributed by atoms with van der Waals surface area (Å²) in [7, 11) is -0.791. The number of rotatable bonds is 8. The van der Waals surface area contributed by atoms with Crippen LogP contribution in [0.3, 0.4) is 0 Å². The maximum atomic E-state index is 9.77. The maximum absolute atomic E-state index is 9.77. The minimum atomic E-state index is -1.37. The predicted molar refractivity (Wildman–Crippen MR) is 61.8 cm³/mol. The van der Waals surface area contributed by atoms with Gasteiger partial charge in [0.2, 0.25) is 15.8 Å². The van der Waals surface area contributed by atoms with E-state index in [4.69, 9.17) is 4.12 Å². The molecule has 0 aromatic carbocycles. The second-order valence-corrected chi connectivity index (χ2v) is 9.46. The number of isocyanates is 1. The van der Waals surface area contributed by atoms with Crippen molar-refractivity contribution in [2.75, 3.05) is 6.54 Å². The van der Waals surface area contributed by atoms with E-state index in [2.05, 4.69) is 25.0 Å². The van der Waals surface area contributed by atoms with Crippen molar-refractivity contribution in [3.05, 3.63) is 0 Å². The molecule has 0 atom stereocenters. The Morgan fingerprint density at radius 2 is 2.21 bits per heavy atom. The van der Waals surface area contributed by atoms with E-state index in [1.807, 2.05) is 0 Å². The molecule has 0 spiro atoms. The fraction of sp³-hybridized carbons (Fsp3) is 0.889. The van der Waals surface area contributed by atoms with E-state index in [1.54, 1.807) is 6.08 Å². The van der Waals surface area contributed by atoms with Crippen LogP contribution >= 0.6 is 0 Å². The average molecular weight is 229 g/mol. The highest BCUT2D eigenvalue weighted by Gasteiger charge is 2.19. The van der Waals surface area contributed by atoms with Gasteiger partial charge in [-0.1, -0.05) is 13.3 Å². The van der Waals surface area contributed by atoms with Crippen molar-refractivity contribution in [2.24, 2.45) is 4.99 Å². The van der Waals surface area contributed by atoms with E-state index in [0.29, 0.717) is 16.3 Å². The van der Waals surface area contributed by atoms with Crippen LogP contribution in [0.4, 0.5) is 0 Å². The molecule has 0 saturated heterocycles. The first-order valence-corrected chi connectivity index (χ1v) is 9.30. The van der Waals surface area contributed by atoms with Crippen LogP contribution in [0, 0.1) is 0 Å². The molecule has 0 saturated carbocycles. The van der Waals surface area contributed by atoms with E-state index in [1.165, 1.54) is 12.5 Å². The molecule has 0 rings (SSSR count). The van der Waals surface area contributed by atoms with Gasteiger partial charge in [0.25, 0.3) is 0 Å². The molecular formula is C9H19NO2Si2. The Morgan fingerprint density at radius 3 is 2.79 bits per heavy atom. The second kappa shape index (κ2) is 8.11. The molecule has 2 radical (unpaired) electrons. The number of nitrogens with zero attached hydrogens (tertiary/aromatic N) is 1. The summed E-state index contributed by atoms with van der Waals surface area (Å²) in [6.07, 6.45) is 3.68. The van der Waals surface area contributed by atoms with Crippen LogP contribution in [0.15, 0.2) is 4.99 Å². The van der Waals surface area contributed by atoms with Crippen molar-refractivity contribution in [1.82, 2.24) is 0 Å². The first-order valence-electron chi connectivity index (χ1n) is 5.07. The Morgan fingerprint density at radius 1 is 1.50 bits per heavy atom. The fourth-order valence-electron chi connectivity index (χ4n) is 1.18. The van der Waals surface area contributed by atoms with Crippen molar-refractivity contribution in [3.8, 4) is 0 Å². The highest BCUT2D eigenvalue weighted by molar-refractivity contribution is 6.75. The molecule has 0 heterocycles. The summed E-state index contributed by atoms with van der Waals surface area (Å²) < 4.78 is 5.88.